The van der Waals surface area contributed by atoms with Crippen LogP contribution >= 0.6 is 0 Å². The predicted octanol–water partition coefficient (Wildman–Crippen LogP) is 1.98. The van der Waals surface area contributed by atoms with E-state index in [2.05, 4.69) is 19.1 Å². The summed E-state index contributed by atoms with van der Waals surface area (Å²) in [5, 5.41) is 0. The number of methoxy groups -OCH3 is 1. The van der Waals surface area contributed by atoms with E-state index in [1.807, 2.05) is 0 Å². The summed E-state index contributed by atoms with van der Waals surface area (Å²) in [5.74, 6) is 1.66. The lowest BCUT2D eigenvalue weighted by Gasteiger charge is -2.27. The second-order valence-corrected chi connectivity index (χ2v) is 5.53. The fourth-order valence-electron chi connectivity index (χ4n) is 2.97. The topological polar surface area (TPSA) is 53.7 Å². The lowest BCUT2D eigenvalue weighted by atomic mass is 9.86. The summed E-state index contributed by atoms with van der Waals surface area (Å²) < 4.78 is 16.7. The lowest BCUT2D eigenvalue weighted by Crippen LogP contribution is -2.32. The third-order valence-corrected chi connectivity index (χ3v) is 4.26. The maximum absolute atomic E-state index is 6.19. The Kier molecular flexibility index (Phi) is 3.15. The number of hydrogen-bond acceptors (Lipinski definition) is 4. The maximum Gasteiger partial charge on any atom is 0.161 e. The predicted molar refractivity (Wildman–Crippen MR) is 72.7 cm³/mol. The molecule has 4 heteroatoms. The molecule has 1 aliphatic carbocycles. The van der Waals surface area contributed by atoms with Gasteiger partial charge in [-0.3, -0.25) is 0 Å². The van der Waals surface area contributed by atoms with Crippen LogP contribution < -0.4 is 15.2 Å². The number of rotatable bonds is 4. The van der Waals surface area contributed by atoms with Gasteiger partial charge < -0.3 is 19.9 Å². The van der Waals surface area contributed by atoms with Gasteiger partial charge in [0.1, 0.15) is 13.2 Å². The molecule has 0 aromatic heterocycles. The van der Waals surface area contributed by atoms with Crippen molar-refractivity contribution in [3.05, 3.63) is 23.3 Å². The van der Waals surface area contributed by atoms with E-state index in [4.69, 9.17) is 19.9 Å². The quantitative estimate of drug-likeness (QED) is 0.902. The van der Waals surface area contributed by atoms with Gasteiger partial charge in [-0.1, -0.05) is 0 Å². The average Bonchev–Trinajstić information content (AvgIpc) is 3.20. The molecule has 1 aromatic carbocycles. The Hall–Kier alpha value is -1.26. The zero-order valence-electron chi connectivity index (χ0n) is 11.6. The number of hydrogen-bond donors (Lipinski definition) is 1. The van der Waals surface area contributed by atoms with Gasteiger partial charge >= 0.3 is 0 Å². The number of benzene rings is 1. The zero-order valence-corrected chi connectivity index (χ0v) is 11.6. The van der Waals surface area contributed by atoms with E-state index in [1.165, 1.54) is 11.1 Å². The van der Waals surface area contributed by atoms with Crippen LogP contribution in [0.5, 0.6) is 11.5 Å². The van der Waals surface area contributed by atoms with E-state index in [0.29, 0.717) is 19.8 Å². The van der Waals surface area contributed by atoms with Gasteiger partial charge in [0.15, 0.2) is 11.5 Å². The number of fused-ring (bicyclic) bond motifs is 1. The molecule has 2 N–H and O–H groups in total. The van der Waals surface area contributed by atoms with Gasteiger partial charge in [0, 0.05) is 18.6 Å². The minimum absolute atomic E-state index is 0.101. The summed E-state index contributed by atoms with van der Waals surface area (Å²) in [6.07, 6.45) is 2.28. The van der Waals surface area contributed by atoms with E-state index in [0.717, 1.165) is 24.3 Å². The normalized spacial score (nSPS) is 21.0. The molecule has 1 atom stereocenters. The third-order valence-electron chi connectivity index (χ3n) is 4.26. The van der Waals surface area contributed by atoms with E-state index < -0.39 is 0 Å². The molecule has 1 aliphatic heterocycles. The average molecular weight is 263 g/mol. The van der Waals surface area contributed by atoms with Crippen molar-refractivity contribution in [3.8, 4) is 11.5 Å². The van der Waals surface area contributed by atoms with E-state index in [1.54, 1.807) is 7.11 Å². The molecule has 0 saturated heterocycles. The Morgan fingerprint density at radius 3 is 2.42 bits per heavy atom. The lowest BCUT2D eigenvalue weighted by molar-refractivity contribution is 0.166. The second-order valence-electron chi connectivity index (χ2n) is 5.53. The smallest absolute Gasteiger partial charge is 0.161 e. The summed E-state index contributed by atoms with van der Waals surface area (Å²) in [5.41, 5.74) is 8.73. The molecule has 1 aromatic rings. The van der Waals surface area contributed by atoms with Gasteiger partial charge in [-0.2, -0.15) is 0 Å². The molecule has 1 saturated carbocycles. The van der Waals surface area contributed by atoms with E-state index in [-0.39, 0.29) is 11.5 Å². The van der Waals surface area contributed by atoms with Crippen molar-refractivity contribution in [2.24, 2.45) is 5.73 Å². The van der Waals surface area contributed by atoms with Crippen molar-refractivity contribution in [2.75, 3.05) is 20.3 Å². The van der Waals surface area contributed by atoms with Gasteiger partial charge in [-0.25, -0.2) is 0 Å². The molecule has 1 fully saturated rings. The first-order valence-electron chi connectivity index (χ1n) is 6.85. The largest absolute Gasteiger partial charge is 0.486 e. The summed E-state index contributed by atoms with van der Waals surface area (Å²) >= 11 is 0. The molecule has 19 heavy (non-hydrogen) atoms. The molecule has 0 spiro atoms. The van der Waals surface area contributed by atoms with Crippen LogP contribution in [0.15, 0.2) is 12.1 Å². The summed E-state index contributed by atoms with van der Waals surface area (Å²) in [4.78, 5) is 0. The van der Waals surface area contributed by atoms with Gasteiger partial charge in [0.25, 0.3) is 0 Å². The van der Waals surface area contributed by atoms with Crippen molar-refractivity contribution in [2.45, 2.75) is 37.8 Å². The second kappa shape index (κ2) is 4.69. The molecule has 0 radical (unpaired) electrons. The van der Waals surface area contributed by atoms with Crippen molar-refractivity contribution in [1.29, 1.82) is 0 Å². The van der Waals surface area contributed by atoms with Crippen LogP contribution in [0.25, 0.3) is 0 Å². The van der Waals surface area contributed by atoms with Crippen LogP contribution in [0.2, 0.25) is 0 Å². The molecule has 3 rings (SSSR count). The maximum atomic E-state index is 6.19. The van der Waals surface area contributed by atoms with Crippen LogP contribution in [0.4, 0.5) is 0 Å². The van der Waals surface area contributed by atoms with Crippen LogP contribution in [0.1, 0.15) is 30.9 Å². The highest BCUT2D eigenvalue weighted by atomic mass is 16.6. The molecular formula is C15H21NO3. The van der Waals surface area contributed by atoms with Crippen LogP contribution in [0, 0.1) is 0 Å². The van der Waals surface area contributed by atoms with Crippen molar-refractivity contribution in [3.63, 3.8) is 0 Å². The van der Waals surface area contributed by atoms with Gasteiger partial charge in [0.2, 0.25) is 0 Å². The van der Waals surface area contributed by atoms with Crippen molar-refractivity contribution >= 4 is 0 Å². The molecular weight excluding hydrogens is 242 g/mol. The van der Waals surface area contributed by atoms with Crippen LogP contribution in [-0.4, -0.2) is 26.4 Å². The highest BCUT2D eigenvalue weighted by molar-refractivity contribution is 5.52. The van der Waals surface area contributed by atoms with Crippen LogP contribution in [-0.2, 0) is 16.8 Å². The molecule has 1 unspecified atom stereocenters. The third kappa shape index (κ3) is 2.09. The number of ether oxygens (including phenoxy) is 3. The van der Waals surface area contributed by atoms with E-state index in [9.17, 15) is 0 Å². The first kappa shape index (κ1) is 12.8. The van der Waals surface area contributed by atoms with Crippen LogP contribution in [0.3, 0.4) is 0 Å². The minimum Gasteiger partial charge on any atom is -0.486 e. The standard InChI is InChI=1S/C15H21NO3/c1-10(16)15(3-4-15)12-8-14-13(18-5-6-19-14)7-11(12)9-17-2/h7-8,10H,3-6,9,16H2,1-2H3. The molecule has 2 aliphatic rings. The summed E-state index contributed by atoms with van der Waals surface area (Å²) in [6.45, 7) is 3.89. The summed E-state index contributed by atoms with van der Waals surface area (Å²) in [7, 11) is 1.71. The Morgan fingerprint density at radius 1 is 1.26 bits per heavy atom. The first-order valence-corrected chi connectivity index (χ1v) is 6.85. The minimum atomic E-state index is 0.101. The molecule has 1 heterocycles. The fraction of sp³-hybridized carbons (Fsp3) is 0.600. The molecule has 0 bridgehead atoms. The Labute approximate surface area is 113 Å². The Balaban J connectivity index is 2.06. The highest BCUT2D eigenvalue weighted by Gasteiger charge is 2.49. The Morgan fingerprint density at radius 2 is 1.89 bits per heavy atom. The van der Waals surface area contributed by atoms with Gasteiger partial charge in [0.05, 0.1) is 6.61 Å². The molecule has 104 valence electrons. The fourth-order valence-corrected chi connectivity index (χ4v) is 2.97. The molecule has 4 nitrogen and oxygen atoms in total. The SMILES string of the molecule is COCc1cc2c(cc1C1(C(C)N)CC1)OCCO2. The first-order chi connectivity index (χ1) is 9.17. The van der Waals surface area contributed by atoms with Crippen molar-refractivity contribution < 1.29 is 14.2 Å². The van der Waals surface area contributed by atoms with Gasteiger partial charge in [-0.15, -0.1) is 0 Å². The summed E-state index contributed by atoms with van der Waals surface area (Å²) in [6, 6.07) is 4.31. The number of nitrogens with two attached hydrogens (primary N) is 1. The monoisotopic (exact) mass is 263 g/mol. The Bertz CT molecular complexity index is 481. The molecule has 0 amide bonds. The zero-order chi connectivity index (χ0) is 13.5. The van der Waals surface area contributed by atoms with Crippen molar-refractivity contribution in [1.82, 2.24) is 0 Å². The van der Waals surface area contributed by atoms with E-state index >= 15 is 0 Å². The van der Waals surface area contributed by atoms with Gasteiger partial charge in [-0.05, 0) is 43.0 Å². The highest BCUT2D eigenvalue weighted by Crippen LogP contribution is 2.53.